The Bertz CT molecular complexity index is 398. The van der Waals surface area contributed by atoms with Crippen LogP contribution >= 0.6 is 28.1 Å². The summed E-state index contributed by atoms with van der Waals surface area (Å²) in [6.45, 7) is 0.282. The Morgan fingerprint density at radius 2 is 2.25 bits per heavy atom. The lowest BCUT2D eigenvalue weighted by molar-refractivity contribution is 0.0976. The Hall–Kier alpha value is -0.980. The second kappa shape index (κ2) is 6.57. The number of nitrogens with one attached hydrogen (secondary N) is 2. The molecule has 0 aliphatic rings. The van der Waals surface area contributed by atoms with E-state index in [1.54, 1.807) is 18.2 Å². The maximum Gasteiger partial charge on any atom is 0.257 e. The SMILES string of the molecule is O=C(NC(=S)NCCO)c1cccc(Br)c1. The van der Waals surface area contributed by atoms with Crippen molar-refractivity contribution in [3.8, 4) is 0 Å². The average molecular weight is 303 g/mol. The second-order valence-corrected chi connectivity index (χ2v) is 4.27. The maximum absolute atomic E-state index is 11.6. The molecule has 0 saturated heterocycles. The van der Waals surface area contributed by atoms with Gasteiger partial charge >= 0.3 is 0 Å². The van der Waals surface area contributed by atoms with Gasteiger partial charge < -0.3 is 10.4 Å². The van der Waals surface area contributed by atoms with Gasteiger partial charge in [-0.1, -0.05) is 22.0 Å². The van der Waals surface area contributed by atoms with Gasteiger partial charge in [0.15, 0.2) is 5.11 Å². The highest BCUT2D eigenvalue weighted by Gasteiger charge is 2.07. The fourth-order valence-corrected chi connectivity index (χ4v) is 1.61. The van der Waals surface area contributed by atoms with Crippen LogP contribution < -0.4 is 10.6 Å². The molecular formula is C10H11BrN2O2S. The minimum Gasteiger partial charge on any atom is -0.395 e. The van der Waals surface area contributed by atoms with Crippen LogP contribution in [0.1, 0.15) is 10.4 Å². The zero-order valence-electron chi connectivity index (χ0n) is 8.37. The van der Waals surface area contributed by atoms with E-state index in [1.807, 2.05) is 6.07 Å². The highest BCUT2D eigenvalue weighted by atomic mass is 79.9. The number of carbonyl (C=O) groups is 1. The first-order chi connectivity index (χ1) is 7.63. The summed E-state index contributed by atoms with van der Waals surface area (Å²) in [7, 11) is 0. The predicted octanol–water partition coefficient (Wildman–Crippen LogP) is 1.05. The van der Waals surface area contributed by atoms with Crippen LogP contribution in [0, 0.1) is 0 Å². The number of aliphatic hydroxyl groups excluding tert-OH is 1. The number of thiocarbonyl (C=S) groups is 1. The summed E-state index contributed by atoms with van der Waals surface area (Å²) in [6.07, 6.45) is 0. The van der Waals surface area contributed by atoms with E-state index in [1.165, 1.54) is 0 Å². The van der Waals surface area contributed by atoms with Crippen LogP contribution in [0.2, 0.25) is 0 Å². The van der Waals surface area contributed by atoms with E-state index < -0.39 is 0 Å². The summed E-state index contributed by atoms with van der Waals surface area (Å²) in [4.78, 5) is 11.6. The number of hydrogen-bond acceptors (Lipinski definition) is 3. The molecule has 6 heteroatoms. The van der Waals surface area contributed by atoms with Crippen molar-refractivity contribution in [3.05, 3.63) is 34.3 Å². The highest BCUT2D eigenvalue weighted by Crippen LogP contribution is 2.11. The molecule has 86 valence electrons. The van der Waals surface area contributed by atoms with Crippen molar-refractivity contribution in [1.29, 1.82) is 0 Å². The number of benzene rings is 1. The molecule has 0 saturated carbocycles. The third-order valence-corrected chi connectivity index (χ3v) is 2.45. The van der Waals surface area contributed by atoms with Crippen LogP contribution in [0.25, 0.3) is 0 Å². The van der Waals surface area contributed by atoms with Crippen LogP contribution in [-0.4, -0.2) is 29.3 Å². The molecule has 1 rings (SSSR count). The first kappa shape index (κ1) is 13.1. The first-order valence-electron chi connectivity index (χ1n) is 4.59. The monoisotopic (exact) mass is 302 g/mol. The van der Waals surface area contributed by atoms with E-state index >= 15 is 0 Å². The zero-order valence-corrected chi connectivity index (χ0v) is 10.8. The van der Waals surface area contributed by atoms with Crippen molar-refractivity contribution in [1.82, 2.24) is 10.6 Å². The molecule has 0 bridgehead atoms. The Morgan fingerprint density at radius 1 is 1.50 bits per heavy atom. The van der Waals surface area contributed by atoms with Gasteiger partial charge in [-0.15, -0.1) is 0 Å². The summed E-state index contributed by atoms with van der Waals surface area (Å²) in [5.41, 5.74) is 0.516. The molecule has 0 radical (unpaired) electrons. The number of aliphatic hydroxyl groups is 1. The minimum absolute atomic E-state index is 0.0348. The lowest BCUT2D eigenvalue weighted by atomic mass is 10.2. The number of halogens is 1. The number of rotatable bonds is 3. The van der Waals surface area contributed by atoms with Crippen molar-refractivity contribution in [2.75, 3.05) is 13.2 Å². The van der Waals surface area contributed by atoms with Crippen LogP contribution in [0.5, 0.6) is 0 Å². The molecule has 0 unspecified atom stereocenters. The quantitative estimate of drug-likeness (QED) is 0.730. The topological polar surface area (TPSA) is 61.4 Å². The Kier molecular flexibility index (Phi) is 5.37. The number of hydrogen-bond donors (Lipinski definition) is 3. The van der Waals surface area contributed by atoms with Gasteiger partial charge in [0.25, 0.3) is 5.91 Å². The van der Waals surface area contributed by atoms with E-state index in [0.29, 0.717) is 12.1 Å². The van der Waals surface area contributed by atoms with Gasteiger partial charge in [-0.05, 0) is 30.4 Å². The fraction of sp³-hybridized carbons (Fsp3) is 0.200. The van der Waals surface area contributed by atoms with E-state index in [9.17, 15) is 4.79 Å². The Morgan fingerprint density at radius 3 is 2.88 bits per heavy atom. The molecule has 16 heavy (non-hydrogen) atoms. The second-order valence-electron chi connectivity index (χ2n) is 2.94. The van der Waals surface area contributed by atoms with Crippen LogP contribution in [0.4, 0.5) is 0 Å². The van der Waals surface area contributed by atoms with Gasteiger partial charge in [-0.25, -0.2) is 0 Å². The molecule has 0 aromatic heterocycles. The van der Waals surface area contributed by atoms with E-state index in [-0.39, 0.29) is 17.6 Å². The molecule has 1 aromatic carbocycles. The molecule has 1 amide bonds. The summed E-state index contributed by atoms with van der Waals surface area (Å²) < 4.78 is 0.828. The van der Waals surface area contributed by atoms with Crippen LogP contribution in [0.15, 0.2) is 28.7 Å². The molecule has 0 spiro atoms. The molecule has 0 heterocycles. The molecule has 0 fully saturated rings. The number of carbonyl (C=O) groups excluding carboxylic acids is 1. The van der Waals surface area contributed by atoms with Crippen molar-refractivity contribution >= 4 is 39.2 Å². The fourth-order valence-electron chi connectivity index (χ4n) is 1.02. The van der Waals surface area contributed by atoms with E-state index in [0.717, 1.165) is 4.47 Å². The Balaban J connectivity index is 2.55. The third kappa shape index (κ3) is 4.26. The van der Waals surface area contributed by atoms with E-state index in [2.05, 4.69) is 26.6 Å². The molecule has 0 aliphatic heterocycles. The van der Waals surface area contributed by atoms with Gasteiger partial charge in [0.2, 0.25) is 0 Å². The van der Waals surface area contributed by atoms with Crippen LogP contribution in [0.3, 0.4) is 0 Å². The predicted molar refractivity (Wildman–Crippen MR) is 69.3 cm³/mol. The van der Waals surface area contributed by atoms with Crippen molar-refractivity contribution < 1.29 is 9.90 Å². The summed E-state index contributed by atoms with van der Waals surface area (Å²) in [5, 5.41) is 14.0. The summed E-state index contributed by atoms with van der Waals surface area (Å²) in [5.74, 6) is -0.281. The average Bonchev–Trinajstić information content (AvgIpc) is 2.26. The molecule has 4 nitrogen and oxygen atoms in total. The zero-order chi connectivity index (χ0) is 12.0. The lowest BCUT2D eigenvalue weighted by Crippen LogP contribution is -2.40. The van der Waals surface area contributed by atoms with Gasteiger partial charge in [-0.3, -0.25) is 10.1 Å². The lowest BCUT2D eigenvalue weighted by Gasteiger charge is -2.08. The van der Waals surface area contributed by atoms with Gasteiger partial charge in [0, 0.05) is 16.6 Å². The smallest absolute Gasteiger partial charge is 0.257 e. The largest absolute Gasteiger partial charge is 0.395 e. The van der Waals surface area contributed by atoms with E-state index in [4.69, 9.17) is 17.3 Å². The molecule has 0 atom stereocenters. The van der Waals surface area contributed by atoms with Crippen molar-refractivity contribution in [2.24, 2.45) is 0 Å². The standard InChI is InChI=1S/C10H11BrN2O2S/c11-8-3-1-2-7(6-8)9(15)13-10(16)12-4-5-14/h1-3,6,14H,4-5H2,(H2,12,13,15,16). The number of amides is 1. The van der Waals surface area contributed by atoms with Gasteiger partial charge in [0.1, 0.15) is 0 Å². The summed E-state index contributed by atoms with van der Waals surface area (Å²) in [6, 6.07) is 6.99. The first-order valence-corrected chi connectivity index (χ1v) is 5.79. The van der Waals surface area contributed by atoms with Crippen molar-refractivity contribution in [3.63, 3.8) is 0 Å². The molecule has 3 N–H and O–H groups in total. The van der Waals surface area contributed by atoms with Crippen molar-refractivity contribution in [2.45, 2.75) is 0 Å². The maximum atomic E-state index is 11.6. The highest BCUT2D eigenvalue weighted by molar-refractivity contribution is 9.10. The minimum atomic E-state index is -0.281. The molecular weight excluding hydrogens is 292 g/mol. The van der Waals surface area contributed by atoms with Gasteiger partial charge in [0.05, 0.1) is 6.61 Å². The third-order valence-electron chi connectivity index (χ3n) is 1.71. The molecule has 1 aromatic rings. The summed E-state index contributed by atoms with van der Waals surface area (Å²) >= 11 is 8.14. The molecule has 0 aliphatic carbocycles. The Labute approximate surface area is 107 Å². The van der Waals surface area contributed by atoms with Gasteiger partial charge in [-0.2, -0.15) is 0 Å². The normalized spacial score (nSPS) is 9.62. The van der Waals surface area contributed by atoms with Crippen LogP contribution in [-0.2, 0) is 0 Å².